The lowest BCUT2D eigenvalue weighted by Crippen LogP contribution is -2.24. The van der Waals surface area contributed by atoms with E-state index in [1.165, 1.54) is 31.4 Å². The first-order chi connectivity index (χ1) is 13.9. The molecule has 154 valence electrons. The van der Waals surface area contributed by atoms with E-state index in [-0.39, 0.29) is 17.0 Å². The lowest BCUT2D eigenvalue weighted by atomic mass is 10.2. The second-order valence-electron chi connectivity index (χ2n) is 6.07. The van der Waals surface area contributed by atoms with Gasteiger partial charge in [0.25, 0.3) is 5.91 Å². The summed E-state index contributed by atoms with van der Waals surface area (Å²) in [7, 11) is -2.28. The van der Waals surface area contributed by atoms with Crippen LogP contribution in [0, 0.1) is 12.3 Å². The second-order valence-corrected chi connectivity index (χ2v) is 7.84. The molecule has 0 atom stereocenters. The van der Waals surface area contributed by atoms with Crippen molar-refractivity contribution in [2.45, 2.75) is 24.7 Å². The third kappa shape index (κ3) is 6.24. The van der Waals surface area contributed by atoms with E-state index in [1.807, 2.05) is 0 Å². The summed E-state index contributed by atoms with van der Waals surface area (Å²) in [6, 6.07) is 10.8. The van der Waals surface area contributed by atoms with Crippen LogP contribution in [0.15, 0.2) is 47.4 Å². The summed E-state index contributed by atoms with van der Waals surface area (Å²) in [5.41, 5.74) is 0.611. The molecular formula is C21H24N2O5S. The summed E-state index contributed by atoms with van der Waals surface area (Å²) < 4.78 is 37.7. The highest BCUT2D eigenvalue weighted by molar-refractivity contribution is 7.89. The van der Waals surface area contributed by atoms with Crippen LogP contribution in [0.3, 0.4) is 0 Å². The fraction of sp³-hybridized carbons (Fsp3) is 0.286. The number of unbranched alkanes of at least 4 members (excludes halogenated alkanes) is 1. The summed E-state index contributed by atoms with van der Waals surface area (Å²) in [5.74, 6) is 2.79. The van der Waals surface area contributed by atoms with Gasteiger partial charge in [-0.3, -0.25) is 4.79 Å². The normalized spacial score (nSPS) is 10.8. The largest absolute Gasteiger partial charge is 0.497 e. The van der Waals surface area contributed by atoms with E-state index < -0.39 is 15.9 Å². The smallest absolute Gasteiger partial charge is 0.255 e. The van der Waals surface area contributed by atoms with Crippen LogP contribution >= 0.6 is 0 Å². The SMILES string of the molecule is C#CCNS(=O)(=O)c1cccc(C(=O)Nc2cc(OC)ccc2OCCCC)c1. The number of methoxy groups -OCH3 is 1. The average molecular weight is 416 g/mol. The van der Waals surface area contributed by atoms with Crippen LogP contribution in [0.2, 0.25) is 0 Å². The maximum absolute atomic E-state index is 12.7. The number of carbonyl (C=O) groups is 1. The van der Waals surface area contributed by atoms with Gasteiger partial charge >= 0.3 is 0 Å². The van der Waals surface area contributed by atoms with Crippen LogP contribution in [0.1, 0.15) is 30.1 Å². The van der Waals surface area contributed by atoms with Crippen molar-refractivity contribution in [3.05, 3.63) is 48.0 Å². The van der Waals surface area contributed by atoms with E-state index in [0.29, 0.717) is 23.8 Å². The zero-order valence-corrected chi connectivity index (χ0v) is 17.2. The van der Waals surface area contributed by atoms with Gasteiger partial charge in [-0.25, -0.2) is 8.42 Å². The summed E-state index contributed by atoms with van der Waals surface area (Å²) in [4.78, 5) is 12.7. The van der Waals surface area contributed by atoms with Crippen LogP contribution in [0.5, 0.6) is 11.5 Å². The Labute approximate surface area is 171 Å². The number of hydrogen-bond donors (Lipinski definition) is 2. The van der Waals surface area contributed by atoms with Gasteiger partial charge < -0.3 is 14.8 Å². The van der Waals surface area contributed by atoms with E-state index in [0.717, 1.165) is 12.8 Å². The van der Waals surface area contributed by atoms with Gasteiger partial charge in [-0.05, 0) is 36.8 Å². The Kier molecular flexibility index (Phi) is 8.07. The van der Waals surface area contributed by atoms with Crippen LogP contribution in [0.4, 0.5) is 5.69 Å². The number of nitrogens with one attached hydrogen (secondary N) is 2. The van der Waals surface area contributed by atoms with Crippen molar-refractivity contribution in [2.24, 2.45) is 0 Å². The van der Waals surface area contributed by atoms with Crippen molar-refractivity contribution in [1.82, 2.24) is 4.72 Å². The number of anilines is 1. The molecule has 0 aromatic heterocycles. The first kappa shape index (κ1) is 22.3. The summed E-state index contributed by atoms with van der Waals surface area (Å²) in [6.45, 7) is 2.43. The number of amides is 1. The molecule has 29 heavy (non-hydrogen) atoms. The molecule has 0 saturated heterocycles. The minimum absolute atomic E-state index is 0.0505. The minimum Gasteiger partial charge on any atom is -0.497 e. The molecule has 2 rings (SSSR count). The quantitative estimate of drug-likeness (QED) is 0.459. The maximum Gasteiger partial charge on any atom is 0.255 e. The number of hydrogen-bond acceptors (Lipinski definition) is 5. The molecule has 0 radical (unpaired) electrons. The van der Waals surface area contributed by atoms with E-state index >= 15 is 0 Å². The zero-order chi connectivity index (χ0) is 21.3. The van der Waals surface area contributed by atoms with Gasteiger partial charge in [0.2, 0.25) is 10.0 Å². The Bertz CT molecular complexity index is 996. The highest BCUT2D eigenvalue weighted by Gasteiger charge is 2.17. The van der Waals surface area contributed by atoms with Gasteiger partial charge in [0.05, 0.1) is 30.8 Å². The zero-order valence-electron chi connectivity index (χ0n) is 16.4. The van der Waals surface area contributed by atoms with E-state index in [2.05, 4.69) is 22.9 Å². The average Bonchev–Trinajstić information content (AvgIpc) is 2.73. The Morgan fingerprint density at radius 2 is 2.00 bits per heavy atom. The van der Waals surface area contributed by atoms with Crippen molar-refractivity contribution in [3.8, 4) is 23.8 Å². The van der Waals surface area contributed by atoms with Crippen LogP contribution < -0.4 is 19.5 Å². The standard InChI is InChI=1S/C21H24N2O5S/c1-4-6-13-28-20-11-10-17(27-3)15-19(20)23-21(24)16-8-7-9-18(14-16)29(25,26)22-12-5-2/h2,7-11,14-15,22H,4,6,12-13H2,1,3H3,(H,23,24). The molecule has 0 saturated carbocycles. The predicted molar refractivity (Wildman–Crippen MR) is 112 cm³/mol. The van der Waals surface area contributed by atoms with E-state index in [1.54, 1.807) is 18.2 Å². The number of terminal acetylenes is 1. The van der Waals surface area contributed by atoms with E-state index in [9.17, 15) is 13.2 Å². The van der Waals surface area contributed by atoms with Crippen molar-refractivity contribution >= 4 is 21.6 Å². The van der Waals surface area contributed by atoms with Gasteiger partial charge in [0.15, 0.2) is 0 Å². The molecule has 7 nitrogen and oxygen atoms in total. The molecular weight excluding hydrogens is 392 g/mol. The number of rotatable bonds is 10. The Balaban J connectivity index is 2.26. The molecule has 1 amide bonds. The first-order valence-electron chi connectivity index (χ1n) is 9.06. The van der Waals surface area contributed by atoms with Gasteiger partial charge in [-0.15, -0.1) is 6.42 Å². The molecule has 2 N–H and O–H groups in total. The van der Waals surface area contributed by atoms with Crippen molar-refractivity contribution in [1.29, 1.82) is 0 Å². The molecule has 0 aliphatic heterocycles. The molecule has 0 unspecified atom stereocenters. The number of sulfonamides is 1. The predicted octanol–water partition coefficient (Wildman–Crippen LogP) is 3.04. The van der Waals surface area contributed by atoms with Gasteiger partial charge in [0.1, 0.15) is 11.5 Å². The number of ether oxygens (including phenoxy) is 2. The van der Waals surface area contributed by atoms with Crippen LogP contribution in [-0.4, -0.2) is 34.6 Å². The summed E-state index contributed by atoms with van der Waals surface area (Å²) >= 11 is 0. The lowest BCUT2D eigenvalue weighted by molar-refractivity contribution is 0.102. The highest BCUT2D eigenvalue weighted by atomic mass is 32.2. The Hall–Kier alpha value is -3.02. The summed E-state index contributed by atoms with van der Waals surface area (Å²) in [6.07, 6.45) is 6.95. The lowest BCUT2D eigenvalue weighted by Gasteiger charge is -2.14. The monoisotopic (exact) mass is 416 g/mol. The van der Waals surface area contributed by atoms with Crippen molar-refractivity contribution in [2.75, 3.05) is 25.6 Å². The maximum atomic E-state index is 12.7. The van der Waals surface area contributed by atoms with Crippen molar-refractivity contribution in [3.63, 3.8) is 0 Å². The molecule has 8 heteroatoms. The van der Waals surface area contributed by atoms with Gasteiger partial charge in [-0.2, -0.15) is 4.72 Å². The molecule has 2 aromatic carbocycles. The molecule has 0 fully saturated rings. The molecule has 0 heterocycles. The third-order valence-corrected chi connectivity index (χ3v) is 5.36. The number of benzene rings is 2. The van der Waals surface area contributed by atoms with Gasteiger partial charge in [-0.1, -0.05) is 25.3 Å². The molecule has 2 aromatic rings. The Morgan fingerprint density at radius 1 is 1.21 bits per heavy atom. The van der Waals surface area contributed by atoms with Crippen molar-refractivity contribution < 1.29 is 22.7 Å². The fourth-order valence-corrected chi connectivity index (χ4v) is 3.38. The number of carbonyl (C=O) groups excluding carboxylic acids is 1. The molecule has 0 bridgehead atoms. The topological polar surface area (TPSA) is 93.7 Å². The van der Waals surface area contributed by atoms with E-state index in [4.69, 9.17) is 15.9 Å². The third-order valence-electron chi connectivity index (χ3n) is 3.96. The minimum atomic E-state index is -3.80. The van der Waals surface area contributed by atoms with Crippen LogP contribution in [-0.2, 0) is 10.0 Å². The van der Waals surface area contributed by atoms with Gasteiger partial charge in [0, 0.05) is 11.6 Å². The molecule has 0 spiro atoms. The first-order valence-corrected chi connectivity index (χ1v) is 10.5. The Morgan fingerprint density at radius 3 is 2.69 bits per heavy atom. The van der Waals surface area contributed by atoms with Crippen LogP contribution in [0.25, 0.3) is 0 Å². The fourth-order valence-electron chi connectivity index (χ4n) is 2.41. The molecule has 0 aliphatic rings. The second kappa shape index (κ2) is 10.5. The summed E-state index contributed by atoms with van der Waals surface area (Å²) in [5, 5.41) is 2.76. The highest BCUT2D eigenvalue weighted by Crippen LogP contribution is 2.30. The molecule has 0 aliphatic carbocycles.